The van der Waals surface area contributed by atoms with E-state index in [0.717, 1.165) is 25.7 Å². The summed E-state index contributed by atoms with van der Waals surface area (Å²) in [6, 6.07) is 12.3. The number of benzene rings is 2. The van der Waals surface area contributed by atoms with Crippen molar-refractivity contribution in [3.8, 4) is 34.3 Å². The van der Waals surface area contributed by atoms with Crippen LogP contribution in [0.2, 0.25) is 0 Å². The van der Waals surface area contributed by atoms with E-state index >= 15 is 0 Å². The minimum absolute atomic E-state index is 0.179. The molecule has 1 amide bonds. The summed E-state index contributed by atoms with van der Waals surface area (Å²) in [7, 11) is 0. The van der Waals surface area contributed by atoms with Crippen LogP contribution in [0.1, 0.15) is 56.9 Å². The first-order valence-electron chi connectivity index (χ1n) is 11.8. The standard InChI is InChI=1S/C26H33N3O5/c1-4-7-13-31-20-15-22(32-14-8-5-2)25(24-17-21(29-34-24)26(30)28-6-3)23(16-20)33-19-11-9-18(27)10-12-19/h9-12,15-17H,4-8,13-14,27H2,1-3H3,(H,28,30). The molecule has 3 N–H and O–H groups in total. The van der Waals surface area contributed by atoms with Crippen LogP contribution in [0.15, 0.2) is 47.0 Å². The predicted molar refractivity (Wildman–Crippen MR) is 132 cm³/mol. The highest BCUT2D eigenvalue weighted by molar-refractivity contribution is 5.93. The largest absolute Gasteiger partial charge is 0.493 e. The van der Waals surface area contributed by atoms with Crippen molar-refractivity contribution in [2.24, 2.45) is 0 Å². The molecule has 0 spiro atoms. The normalized spacial score (nSPS) is 10.7. The van der Waals surface area contributed by atoms with Crippen molar-refractivity contribution < 1.29 is 23.5 Å². The molecule has 0 radical (unpaired) electrons. The number of rotatable bonds is 13. The Morgan fingerprint density at radius 2 is 1.62 bits per heavy atom. The zero-order valence-corrected chi connectivity index (χ0v) is 20.1. The van der Waals surface area contributed by atoms with Crippen LogP contribution in [0.3, 0.4) is 0 Å². The van der Waals surface area contributed by atoms with E-state index in [1.54, 1.807) is 36.4 Å². The number of nitrogen functional groups attached to an aromatic ring is 1. The molecule has 0 atom stereocenters. The van der Waals surface area contributed by atoms with Gasteiger partial charge in [0.05, 0.1) is 13.2 Å². The number of nitrogens with two attached hydrogens (primary N) is 1. The van der Waals surface area contributed by atoms with Crippen LogP contribution in [0.25, 0.3) is 11.3 Å². The molecule has 8 nitrogen and oxygen atoms in total. The third-order valence-electron chi connectivity index (χ3n) is 5.00. The van der Waals surface area contributed by atoms with Crippen molar-refractivity contribution in [1.82, 2.24) is 10.5 Å². The number of carbonyl (C=O) groups is 1. The summed E-state index contributed by atoms with van der Waals surface area (Å²) >= 11 is 0. The van der Waals surface area contributed by atoms with Gasteiger partial charge in [0.15, 0.2) is 11.5 Å². The molecule has 34 heavy (non-hydrogen) atoms. The maximum Gasteiger partial charge on any atom is 0.273 e. The minimum atomic E-state index is -0.313. The lowest BCUT2D eigenvalue weighted by Crippen LogP contribution is -2.22. The van der Waals surface area contributed by atoms with Crippen LogP contribution in [0, 0.1) is 0 Å². The molecule has 0 bridgehead atoms. The molecule has 8 heteroatoms. The molecule has 1 heterocycles. The number of amides is 1. The Kier molecular flexibility index (Phi) is 9.20. The van der Waals surface area contributed by atoms with E-state index in [9.17, 15) is 4.79 Å². The molecule has 0 unspecified atom stereocenters. The van der Waals surface area contributed by atoms with E-state index in [2.05, 4.69) is 24.3 Å². The predicted octanol–water partition coefficient (Wildman–Crippen LogP) is 5.82. The summed E-state index contributed by atoms with van der Waals surface area (Å²) < 4.78 is 23.9. The Morgan fingerprint density at radius 1 is 0.941 bits per heavy atom. The van der Waals surface area contributed by atoms with Crippen LogP contribution in [-0.2, 0) is 0 Å². The van der Waals surface area contributed by atoms with Crippen molar-refractivity contribution in [1.29, 1.82) is 0 Å². The zero-order chi connectivity index (χ0) is 24.3. The monoisotopic (exact) mass is 467 g/mol. The molecule has 3 aromatic rings. The van der Waals surface area contributed by atoms with Crippen molar-refractivity contribution in [2.45, 2.75) is 46.5 Å². The lowest BCUT2D eigenvalue weighted by atomic mass is 10.1. The van der Waals surface area contributed by atoms with Gasteiger partial charge in [0.25, 0.3) is 5.91 Å². The van der Waals surface area contributed by atoms with Gasteiger partial charge in [-0.1, -0.05) is 31.8 Å². The van der Waals surface area contributed by atoms with E-state index in [-0.39, 0.29) is 11.6 Å². The topological polar surface area (TPSA) is 109 Å². The third kappa shape index (κ3) is 6.66. The van der Waals surface area contributed by atoms with Gasteiger partial charge in [0.1, 0.15) is 28.6 Å². The smallest absolute Gasteiger partial charge is 0.273 e. The van der Waals surface area contributed by atoms with Crippen LogP contribution in [0.4, 0.5) is 5.69 Å². The molecule has 0 aliphatic carbocycles. The summed E-state index contributed by atoms with van der Waals surface area (Å²) in [5, 5.41) is 6.67. The van der Waals surface area contributed by atoms with Crippen LogP contribution >= 0.6 is 0 Å². The summed E-state index contributed by atoms with van der Waals surface area (Å²) in [5.41, 5.74) is 7.19. The second-order valence-electron chi connectivity index (χ2n) is 7.81. The number of hydrogen-bond acceptors (Lipinski definition) is 7. The molecule has 0 fully saturated rings. The molecule has 0 saturated carbocycles. The number of carbonyl (C=O) groups excluding carboxylic acids is 1. The second kappa shape index (κ2) is 12.5. The quantitative estimate of drug-likeness (QED) is 0.241. The summed E-state index contributed by atoms with van der Waals surface area (Å²) in [4.78, 5) is 12.3. The van der Waals surface area contributed by atoms with Crippen LogP contribution in [-0.4, -0.2) is 30.8 Å². The molecule has 0 aliphatic rings. The molecule has 3 rings (SSSR count). The second-order valence-corrected chi connectivity index (χ2v) is 7.81. The Morgan fingerprint density at radius 3 is 2.29 bits per heavy atom. The van der Waals surface area contributed by atoms with E-state index in [1.165, 1.54) is 0 Å². The first-order valence-corrected chi connectivity index (χ1v) is 11.8. The number of ether oxygens (including phenoxy) is 3. The van der Waals surface area contributed by atoms with Crippen LogP contribution in [0.5, 0.6) is 23.0 Å². The highest BCUT2D eigenvalue weighted by atomic mass is 16.5. The lowest BCUT2D eigenvalue weighted by molar-refractivity contribution is 0.0947. The van der Waals surface area contributed by atoms with Gasteiger partial charge >= 0.3 is 0 Å². The highest BCUT2D eigenvalue weighted by Crippen LogP contribution is 2.44. The molecular weight excluding hydrogens is 434 g/mol. The Hall–Kier alpha value is -3.68. The highest BCUT2D eigenvalue weighted by Gasteiger charge is 2.23. The van der Waals surface area contributed by atoms with Gasteiger partial charge in [-0.3, -0.25) is 4.79 Å². The van der Waals surface area contributed by atoms with Gasteiger partial charge in [0.2, 0.25) is 0 Å². The number of nitrogens with one attached hydrogen (secondary N) is 1. The van der Waals surface area contributed by atoms with Gasteiger partial charge in [-0.25, -0.2) is 0 Å². The van der Waals surface area contributed by atoms with Gasteiger partial charge in [-0.05, 0) is 44.0 Å². The minimum Gasteiger partial charge on any atom is -0.493 e. The number of unbranched alkanes of at least 4 members (excludes halogenated alkanes) is 2. The van der Waals surface area contributed by atoms with Crippen molar-refractivity contribution in [3.63, 3.8) is 0 Å². The maximum atomic E-state index is 12.3. The summed E-state index contributed by atoms with van der Waals surface area (Å²) in [5.74, 6) is 2.25. The summed E-state index contributed by atoms with van der Waals surface area (Å²) in [6.45, 7) is 7.63. The fraction of sp³-hybridized carbons (Fsp3) is 0.385. The van der Waals surface area contributed by atoms with Crippen molar-refractivity contribution in [3.05, 3.63) is 48.2 Å². The third-order valence-corrected chi connectivity index (χ3v) is 5.00. The molecule has 0 aliphatic heterocycles. The Bertz CT molecular complexity index is 1060. The van der Waals surface area contributed by atoms with E-state index < -0.39 is 0 Å². The molecule has 2 aromatic carbocycles. The lowest BCUT2D eigenvalue weighted by Gasteiger charge is -2.17. The van der Waals surface area contributed by atoms with Gasteiger partial charge in [0, 0.05) is 30.4 Å². The average Bonchev–Trinajstić information content (AvgIpc) is 3.31. The Balaban J connectivity index is 2.07. The fourth-order valence-electron chi connectivity index (χ4n) is 3.16. The van der Waals surface area contributed by atoms with Crippen LogP contribution < -0.4 is 25.3 Å². The maximum absolute atomic E-state index is 12.3. The van der Waals surface area contributed by atoms with E-state index in [4.69, 9.17) is 24.5 Å². The summed E-state index contributed by atoms with van der Waals surface area (Å²) in [6.07, 6.45) is 3.82. The molecular formula is C26H33N3O5. The molecule has 0 saturated heterocycles. The number of hydrogen-bond donors (Lipinski definition) is 2. The van der Waals surface area contributed by atoms with Crippen molar-refractivity contribution >= 4 is 11.6 Å². The van der Waals surface area contributed by atoms with E-state index in [1.807, 2.05) is 13.0 Å². The van der Waals surface area contributed by atoms with Gasteiger partial charge in [-0.2, -0.15) is 0 Å². The zero-order valence-electron chi connectivity index (χ0n) is 20.1. The van der Waals surface area contributed by atoms with Gasteiger partial charge < -0.3 is 29.8 Å². The van der Waals surface area contributed by atoms with E-state index in [0.29, 0.717) is 59.8 Å². The number of aromatic nitrogens is 1. The Labute approximate surface area is 200 Å². The fourth-order valence-corrected chi connectivity index (χ4v) is 3.16. The number of nitrogens with zero attached hydrogens (tertiary/aromatic N) is 1. The molecule has 182 valence electrons. The van der Waals surface area contributed by atoms with Gasteiger partial charge in [-0.15, -0.1) is 0 Å². The first kappa shape index (κ1) is 25.0. The molecule has 1 aromatic heterocycles. The van der Waals surface area contributed by atoms with Crippen molar-refractivity contribution in [2.75, 3.05) is 25.5 Å². The average molecular weight is 468 g/mol. The SMILES string of the molecule is CCCCOc1cc(OCCCC)c(-c2cc(C(=O)NCC)no2)c(Oc2ccc(N)cc2)c1. The number of anilines is 1. The first-order chi connectivity index (χ1) is 16.5.